The smallest absolute Gasteiger partial charge is 0.0537 e. The molecule has 1 aliphatic rings. The maximum absolute atomic E-state index is 4.24. The molecule has 1 aromatic heterocycles. The van der Waals surface area contributed by atoms with Crippen molar-refractivity contribution in [2.45, 2.75) is 45.7 Å². The molecule has 0 bridgehead atoms. The fraction of sp³-hybridized carbons (Fsp3) is 0.750. The van der Waals surface area contributed by atoms with Crippen LogP contribution in [-0.4, -0.2) is 15.8 Å². The molecule has 0 amide bonds. The van der Waals surface area contributed by atoms with E-state index >= 15 is 0 Å². The SMILES string of the molecule is Cc1c(CNC(C)CC2CC2)cnn1C. The van der Waals surface area contributed by atoms with Crippen molar-refractivity contribution < 1.29 is 0 Å². The van der Waals surface area contributed by atoms with E-state index in [1.807, 2.05) is 17.9 Å². The monoisotopic (exact) mass is 207 g/mol. The van der Waals surface area contributed by atoms with Crippen LogP contribution in [0.2, 0.25) is 0 Å². The van der Waals surface area contributed by atoms with Crippen molar-refractivity contribution in [2.75, 3.05) is 0 Å². The Bertz CT molecular complexity index is 326. The van der Waals surface area contributed by atoms with Gasteiger partial charge in [-0.05, 0) is 26.2 Å². The van der Waals surface area contributed by atoms with E-state index in [1.165, 1.54) is 30.5 Å². The number of rotatable bonds is 5. The molecular formula is C12H21N3. The molecule has 1 aromatic rings. The zero-order valence-electron chi connectivity index (χ0n) is 9.95. The largest absolute Gasteiger partial charge is 0.310 e. The van der Waals surface area contributed by atoms with E-state index in [0.717, 1.165) is 12.5 Å². The Labute approximate surface area is 91.9 Å². The van der Waals surface area contributed by atoms with E-state index in [1.54, 1.807) is 0 Å². The molecule has 0 aromatic carbocycles. The summed E-state index contributed by atoms with van der Waals surface area (Å²) in [6, 6.07) is 0.636. The van der Waals surface area contributed by atoms with Crippen molar-refractivity contribution in [2.24, 2.45) is 13.0 Å². The third-order valence-electron chi connectivity index (χ3n) is 3.36. The zero-order chi connectivity index (χ0) is 10.8. The molecule has 0 saturated heterocycles. The van der Waals surface area contributed by atoms with Crippen LogP contribution in [0.5, 0.6) is 0 Å². The topological polar surface area (TPSA) is 29.9 Å². The Morgan fingerprint density at radius 1 is 1.60 bits per heavy atom. The van der Waals surface area contributed by atoms with Gasteiger partial charge in [0.25, 0.3) is 0 Å². The van der Waals surface area contributed by atoms with Gasteiger partial charge in [-0.3, -0.25) is 4.68 Å². The maximum atomic E-state index is 4.24. The minimum atomic E-state index is 0.636. The summed E-state index contributed by atoms with van der Waals surface area (Å²) in [4.78, 5) is 0. The maximum Gasteiger partial charge on any atom is 0.0537 e. The number of nitrogens with one attached hydrogen (secondary N) is 1. The van der Waals surface area contributed by atoms with Gasteiger partial charge in [-0.15, -0.1) is 0 Å². The summed E-state index contributed by atoms with van der Waals surface area (Å²) in [5.41, 5.74) is 2.58. The number of aromatic nitrogens is 2. The highest BCUT2D eigenvalue weighted by molar-refractivity contribution is 5.15. The molecule has 1 saturated carbocycles. The third kappa shape index (κ3) is 2.81. The van der Waals surface area contributed by atoms with Crippen molar-refractivity contribution in [1.82, 2.24) is 15.1 Å². The number of nitrogens with zero attached hydrogens (tertiary/aromatic N) is 2. The summed E-state index contributed by atoms with van der Waals surface area (Å²) in [6.45, 7) is 5.35. The van der Waals surface area contributed by atoms with Gasteiger partial charge in [-0.25, -0.2) is 0 Å². The first-order valence-corrected chi connectivity index (χ1v) is 5.87. The van der Waals surface area contributed by atoms with Gasteiger partial charge in [-0.1, -0.05) is 12.8 Å². The highest BCUT2D eigenvalue weighted by Gasteiger charge is 2.23. The van der Waals surface area contributed by atoms with Crippen LogP contribution in [0.25, 0.3) is 0 Å². The first kappa shape index (κ1) is 10.7. The molecule has 1 aliphatic carbocycles. The Morgan fingerprint density at radius 2 is 2.33 bits per heavy atom. The average Bonchev–Trinajstić information content (AvgIpc) is 2.95. The Morgan fingerprint density at radius 3 is 2.87 bits per heavy atom. The molecule has 1 fully saturated rings. The second kappa shape index (κ2) is 4.35. The van der Waals surface area contributed by atoms with Crippen LogP contribution in [0.3, 0.4) is 0 Å². The molecule has 1 unspecified atom stereocenters. The lowest BCUT2D eigenvalue weighted by atomic mass is 10.1. The van der Waals surface area contributed by atoms with E-state index in [0.29, 0.717) is 6.04 Å². The summed E-state index contributed by atoms with van der Waals surface area (Å²) in [5, 5.41) is 7.82. The summed E-state index contributed by atoms with van der Waals surface area (Å²) in [5.74, 6) is 1.00. The number of hydrogen-bond donors (Lipinski definition) is 1. The van der Waals surface area contributed by atoms with Crippen molar-refractivity contribution in [1.29, 1.82) is 0 Å². The molecule has 2 rings (SSSR count). The van der Waals surface area contributed by atoms with Crippen LogP contribution in [0.15, 0.2) is 6.20 Å². The molecular weight excluding hydrogens is 186 g/mol. The lowest BCUT2D eigenvalue weighted by molar-refractivity contribution is 0.487. The molecule has 3 nitrogen and oxygen atoms in total. The molecule has 1 N–H and O–H groups in total. The standard InChI is InChI=1S/C12H21N3/c1-9(6-11-4-5-11)13-7-12-8-14-15(3)10(12)2/h8-9,11,13H,4-7H2,1-3H3. The van der Waals surface area contributed by atoms with Crippen LogP contribution >= 0.6 is 0 Å². The molecule has 15 heavy (non-hydrogen) atoms. The van der Waals surface area contributed by atoms with Gasteiger partial charge in [0.1, 0.15) is 0 Å². The van der Waals surface area contributed by atoms with E-state index in [2.05, 4.69) is 24.3 Å². The Balaban J connectivity index is 1.78. The summed E-state index contributed by atoms with van der Waals surface area (Å²) < 4.78 is 1.93. The van der Waals surface area contributed by atoms with E-state index in [4.69, 9.17) is 0 Å². The van der Waals surface area contributed by atoms with E-state index in [-0.39, 0.29) is 0 Å². The number of aryl methyl sites for hydroxylation is 1. The van der Waals surface area contributed by atoms with Gasteiger partial charge in [0.05, 0.1) is 6.20 Å². The Kier molecular flexibility index (Phi) is 3.10. The van der Waals surface area contributed by atoms with Crippen LogP contribution < -0.4 is 5.32 Å². The van der Waals surface area contributed by atoms with Crippen molar-refractivity contribution in [3.05, 3.63) is 17.5 Å². The summed E-state index contributed by atoms with van der Waals surface area (Å²) in [6.07, 6.45) is 6.18. The minimum Gasteiger partial charge on any atom is -0.310 e. The van der Waals surface area contributed by atoms with Crippen LogP contribution in [-0.2, 0) is 13.6 Å². The van der Waals surface area contributed by atoms with Crippen LogP contribution in [0.1, 0.15) is 37.4 Å². The van der Waals surface area contributed by atoms with E-state index < -0.39 is 0 Å². The van der Waals surface area contributed by atoms with Crippen molar-refractivity contribution in [3.63, 3.8) is 0 Å². The van der Waals surface area contributed by atoms with Gasteiger partial charge in [0.2, 0.25) is 0 Å². The molecule has 0 radical (unpaired) electrons. The molecule has 3 heteroatoms. The van der Waals surface area contributed by atoms with Crippen molar-refractivity contribution >= 4 is 0 Å². The van der Waals surface area contributed by atoms with Crippen LogP contribution in [0, 0.1) is 12.8 Å². The van der Waals surface area contributed by atoms with E-state index in [9.17, 15) is 0 Å². The summed E-state index contributed by atoms with van der Waals surface area (Å²) >= 11 is 0. The second-order valence-electron chi connectivity index (χ2n) is 4.84. The molecule has 1 heterocycles. The normalized spacial score (nSPS) is 18.1. The highest BCUT2D eigenvalue weighted by Crippen LogP contribution is 2.33. The Hall–Kier alpha value is -0.830. The van der Waals surface area contributed by atoms with Gasteiger partial charge in [0, 0.05) is 30.9 Å². The quantitative estimate of drug-likeness (QED) is 0.800. The predicted octanol–water partition coefficient (Wildman–Crippen LogP) is 2.01. The first-order valence-electron chi connectivity index (χ1n) is 5.87. The fourth-order valence-corrected chi connectivity index (χ4v) is 1.94. The van der Waals surface area contributed by atoms with Gasteiger partial charge in [0.15, 0.2) is 0 Å². The number of hydrogen-bond acceptors (Lipinski definition) is 2. The van der Waals surface area contributed by atoms with Gasteiger partial charge in [-0.2, -0.15) is 5.10 Å². The zero-order valence-corrected chi connectivity index (χ0v) is 9.95. The summed E-state index contributed by atoms with van der Waals surface area (Å²) in [7, 11) is 1.99. The minimum absolute atomic E-state index is 0.636. The second-order valence-corrected chi connectivity index (χ2v) is 4.84. The molecule has 0 spiro atoms. The lowest BCUT2D eigenvalue weighted by Gasteiger charge is -2.12. The first-order chi connectivity index (χ1) is 7.16. The van der Waals surface area contributed by atoms with Gasteiger partial charge < -0.3 is 5.32 Å². The molecule has 1 atom stereocenters. The van der Waals surface area contributed by atoms with Crippen LogP contribution in [0.4, 0.5) is 0 Å². The van der Waals surface area contributed by atoms with Gasteiger partial charge >= 0.3 is 0 Å². The third-order valence-corrected chi connectivity index (χ3v) is 3.36. The predicted molar refractivity (Wildman–Crippen MR) is 61.6 cm³/mol. The lowest BCUT2D eigenvalue weighted by Crippen LogP contribution is -2.26. The molecule has 84 valence electrons. The van der Waals surface area contributed by atoms with Crippen molar-refractivity contribution in [3.8, 4) is 0 Å². The fourth-order valence-electron chi connectivity index (χ4n) is 1.94. The highest BCUT2D eigenvalue weighted by atomic mass is 15.3. The molecule has 0 aliphatic heterocycles. The average molecular weight is 207 g/mol.